The summed E-state index contributed by atoms with van der Waals surface area (Å²) in [7, 11) is -5.03. The van der Waals surface area contributed by atoms with Gasteiger partial charge in [-0.3, -0.25) is 13.9 Å². The van der Waals surface area contributed by atoms with Crippen molar-refractivity contribution in [1.29, 1.82) is 0 Å². The van der Waals surface area contributed by atoms with Gasteiger partial charge in [-0.25, -0.2) is 4.21 Å². The second-order valence-corrected chi connectivity index (χ2v) is 19.2. The van der Waals surface area contributed by atoms with Gasteiger partial charge >= 0.3 is 5.97 Å². The molecule has 1 heterocycles. The first-order valence-electron chi connectivity index (χ1n) is 19.7. The SMILES string of the molecule is COCCc1ccc2c(c1)C(C)(CCCS(=O)(=O)O)C(/C=C/C=C/C=C(\C)N(CCCCCC(=O)O)c1ccc(S(=O)O)cc1C(C)CCCS(=O)(=O)O)=[N+]2CCOC. The number of carbonyl (C=O) groups is 1. The number of carboxylic acid groups (broad SMARTS) is 1. The highest BCUT2D eigenvalue weighted by Gasteiger charge is 2.47. The van der Waals surface area contributed by atoms with Crippen molar-refractivity contribution in [2.45, 2.75) is 94.8 Å². The first-order chi connectivity index (χ1) is 27.8. The van der Waals surface area contributed by atoms with Crippen LogP contribution in [0, 0.1) is 0 Å². The highest BCUT2D eigenvalue weighted by molar-refractivity contribution is 7.86. The molecule has 1 aliphatic rings. The number of methoxy groups -OCH3 is 2. The summed E-state index contributed by atoms with van der Waals surface area (Å²) in [4.78, 5) is 13.4. The Balaban J connectivity index is 2.04. The van der Waals surface area contributed by atoms with Gasteiger partial charge in [-0.2, -0.15) is 21.4 Å². The molecule has 14 nitrogen and oxygen atoms in total. The number of benzene rings is 2. The molecule has 17 heteroatoms. The van der Waals surface area contributed by atoms with Crippen LogP contribution in [0.25, 0.3) is 0 Å². The smallest absolute Gasteiger partial charge is 0.303 e. The molecule has 2 aromatic carbocycles. The van der Waals surface area contributed by atoms with E-state index in [9.17, 15) is 39.5 Å². The van der Waals surface area contributed by atoms with Crippen molar-refractivity contribution in [2.24, 2.45) is 0 Å². The number of allylic oxidation sites excluding steroid dienone is 6. The lowest BCUT2D eigenvalue weighted by atomic mass is 9.75. The minimum Gasteiger partial charge on any atom is -0.481 e. The number of hydrogen-bond acceptors (Lipinski definition) is 9. The molecule has 4 N–H and O–H groups in total. The summed E-state index contributed by atoms with van der Waals surface area (Å²) in [6.07, 6.45) is 13.5. The number of nitrogens with zero attached hydrogens (tertiary/aromatic N) is 2. The second kappa shape index (κ2) is 23.4. The van der Waals surface area contributed by atoms with Gasteiger partial charge in [-0.05, 0) is 106 Å². The Morgan fingerprint density at radius 1 is 0.932 bits per heavy atom. The molecule has 59 heavy (non-hydrogen) atoms. The van der Waals surface area contributed by atoms with E-state index >= 15 is 0 Å². The Bertz CT molecular complexity index is 2110. The van der Waals surface area contributed by atoms with Crippen molar-refractivity contribution in [3.63, 3.8) is 0 Å². The number of rotatable bonds is 27. The summed E-state index contributed by atoms with van der Waals surface area (Å²) in [5.74, 6) is -1.87. The number of hydrogen-bond donors (Lipinski definition) is 4. The van der Waals surface area contributed by atoms with Gasteiger partial charge in [-0.1, -0.05) is 37.6 Å². The van der Waals surface area contributed by atoms with E-state index in [1.54, 1.807) is 32.4 Å². The highest BCUT2D eigenvalue weighted by Crippen LogP contribution is 2.44. The maximum atomic E-state index is 12.1. The molecule has 3 unspecified atom stereocenters. The Hall–Kier alpha value is -3.55. The number of ether oxygens (including phenoxy) is 2. The number of fused-ring (bicyclic) bond motifs is 1. The maximum Gasteiger partial charge on any atom is 0.303 e. The average Bonchev–Trinajstić information content (AvgIpc) is 3.38. The van der Waals surface area contributed by atoms with Crippen molar-refractivity contribution in [3.8, 4) is 0 Å². The minimum absolute atomic E-state index is 0.0541. The predicted octanol–water partition coefficient (Wildman–Crippen LogP) is 7.07. The van der Waals surface area contributed by atoms with Crippen molar-refractivity contribution < 1.29 is 58.7 Å². The third-order valence-corrected chi connectivity index (χ3v) is 12.8. The molecule has 0 spiro atoms. The van der Waals surface area contributed by atoms with E-state index in [-0.39, 0.29) is 35.8 Å². The average molecular weight is 882 g/mol. The van der Waals surface area contributed by atoms with E-state index in [4.69, 9.17) is 14.6 Å². The zero-order valence-electron chi connectivity index (χ0n) is 34.7. The molecule has 328 valence electrons. The van der Waals surface area contributed by atoms with Crippen LogP contribution >= 0.6 is 0 Å². The van der Waals surface area contributed by atoms with Gasteiger partial charge in [0.1, 0.15) is 6.61 Å². The molecule has 3 atom stereocenters. The van der Waals surface area contributed by atoms with Gasteiger partial charge < -0.3 is 24.0 Å². The maximum absolute atomic E-state index is 12.1. The Morgan fingerprint density at radius 2 is 1.63 bits per heavy atom. The van der Waals surface area contributed by atoms with E-state index in [2.05, 4.69) is 34.6 Å². The van der Waals surface area contributed by atoms with Crippen LogP contribution in [0.1, 0.15) is 94.7 Å². The van der Waals surface area contributed by atoms with Gasteiger partial charge in [0.05, 0.1) is 28.4 Å². The molecule has 2 aromatic rings. The van der Waals surface area contributed by atoms with Crippen LogP contribution in [-0.4, -0.2) is 108 Å². The van der Waals surface area contributed by atoms with Crippen LogP contribution < -0.4 is 4.90 Å². The third kappa shape index (κ3) is 15.8. The lowest BCUT2D eigenvalue weighted by molar-refractivity contribution is -0.441. The number of unbranched alkanes of at least 4 members (excludes halogenated alkanes) is 2. The zero-order chi connectivity index (χ0) is 43.8. The number of anilines is 1. The summed E-state index contributed by atoms with van der Waals surface area (Å²) < 4.78 is 100. The van der Waals surface area contributed by atoms with Crippen molar-refractivity contribution >= 4 is 54.4 Å². The van der Waals surface area contributed by atoms with E-state index in [1.807, 2.05) is 44.2 Å². The van der Waals surface area contributed by atoms with Crippen LogP contribution in [-0.2, 0) is 57.4 Å². The topological polar surface area (TPSA) is 208 Å². The van der Waals surface area contributed by atoms with Gasteiger partial charge in [-0.15, -0.1) is 0 Å². The molecule has 1 aliphatic heterocycles. The summed E-state index contributed by atoms with van der Waals surface area (Å²) in [5, 5.41) is 9.15. The predicted molar refractivity (Wildman–Crippen MR) is 232 cm³/mol. The largest absolute Gasteiger partial charge is 0.481 e. The minimum atomic E-state index is -4.16. The lowest BCUT2D eigenvalue weighted by Crippen LogP contribution is -2.32. The molecular formula is C42H61N2O12S3+. The second-order valence-electron chi connectivity index (χ2n) is 15.1. The molecule has 0 aliphatic carbocycles. The monoisotopic (exact) mass is 881 g/mol. The summed E-state index contributed by atoms with van der Waals surface area (Å²) in [6.45, 7) is 7.97. The highest BCUT2D eigenvalue weighted by atomic mass is 32.2. The number of aliphatic carboxylic acids is 1. The Morgan fingerprint density at radius 3 is 2.27 bits per heavy atom. The molecule has 0 fully saturated rings. The fourth-order valence-corrected chi connectivity index (χ4v) is 8.94. The Labute approximate surface area is 352 Å². The van der Waals surface area contributed by atoms with Crippen molar-refractivity contribution in [1.82, 2.24) is 0 Å². The molecule has 0 radical (unpaired) electrons. The van der Waals surface area contributed by atoms with Gasteiger partial charge in [0.15, 0.2) is 23.3 Å². The third-order valence-electron chi connectivity index (χ3n) is 10.6. The normalized spacial score (nSPS) is 17.3. The molecule has 0 bridgehead atoms. The summed E-state index contributed by atoms with van der Waals surface area (Å²) in [5.41, 5.74) is 5.81. The van der Waals surface area contributed by atoms with Gasteiger partial charge in [0, 0.05) is 56.3 Å². The molecule has 0 saturated heterocycles. The summed E-state index contributed by atoms with van der Waals surface area (Å²) in [6, 6.07) is 11.3. The van der Waals surface area contributed by atoms with E-state index in [0.717, 1.165) is 39.5 Å². The van der Waals surface area contributed by atoms with Gasteiger partial charge in [0.25, 0.3) is 20.2 Å². The fraction of sp³-hybridized carbons (Fsp3) is 0.524. The van der Waals surface area contributed by atoms with Crippen LogP contribution in [0.3, 0.4) is 0 Å². The van der Waals surface area contributed by atoms with Crippen LogP contribution in [0.15, 0.2) is 77.4 Å². The standard InChI is InChI=1S/C42H60N2O12S3/c1-32(14-12-28-58(49,50)51)36-31-35(57(47)48)19-21-38(36)43(24-11-7-10-17-41(45)46)33(2)15-8-6-9-16-40-42(3,23-13-29-59(52,53)54)37-30-34(22-26-55-4)18-20-39(37)44(40)25-27-56-5/h6,8-9,15-16,18-21,30-32H,7,10-14,17,22-29H2,1-5H3,(H3-,45,46,47,48,49,50,51,52,53,54)/p+1. The quantitative estimate of drug-likeness (QED) is 0.0233. The molecular weight excluding hydrogens is 821 g/mol. The Kier molecular flexibility index (Phi) is 19.8. The van der Waals surface area contributed by atoms with Crippen molar-refractivity contribution in [2.75, 3.05) is 56.9 Å². The van der Waals surface area contributed by atoms with E-state index in [0.29, 0.717) is 64.8 Å². The molecule has 3 rings (SSSR count). The first kappa shape index (κ1) is 49.8. The van der Waals surface area contributed by atoms with E-state index in [1.165, 1.54) is 0 Å². The molecule has 0 amide bonds. The van der Waals surface area contributed by atoms with Crippen LogP contribution in [0.4, 0.5) is 11.4 Å². The van der Waals surface area contributed by atoms with Gasteiger partial charge in [0.2, 0.25) is 5.69 Å². The number of carboxylic acids is 1. The summed E-state index contributed by atoms with van der Waals surface area (Å²) >= 11 is -2.26. The van der Waals surface area contributed by atoms with E-state index < -0.39 is 48.5 Å². The fourth-order valence-electron chi connectivity index (χ4n) is 7.48. The first-order valence-corrected chi connectivity index (χ1v) is 24.1. The van der Waals surface area contributed by atoms with Crippen LogP contribution in [0.5, 0.6) is 0 Å². The molecule has 0 aromatic heterocycles. The van der Waals surface area contributed by atoms with Crippen LogP contribution in [0.2, 0.25) is 0 Å². The van der Waals surface area contributed by atoms with Crippen molar-refractivity contribution in [3.05, 3.63) is 89.2 Å². The molecule has 0 saturated carbocycles. The zero-order valence-corrected chi connectivity index (χ0v) is 37.2. The lowest BCUT2D eigenvalue weighted by Gasteiger charge is -2.30.